The molecular formula is C18H17BrN2OS. The zero-order valence-corrected chi connectivity index (χ0v) is 15.2. The fourth-order valence-electron chi connectivity index (χ4n) is 2.13. The quantitative estimate of drug-likeness (QED) is 0.795. The fourth-order valence-corrected chi connectivity index (χ4v) is 3.23. The first-order chi connectivity index (χ1) is 11.1. The molecule has 0 unspecified atom stereocenters. The molecule has 0 bridgehead atoms. The minimum atomic E-state index is -0.0254. The lowest BCUT2D eigenvalue weighted by Crippen LogP contribution is -2.28. The van der Waals surface area contributed by atoms with Crippen molar-refractivity contribution < 1.29 is 4.79 Å². The summed E-state index contributed by atoms with van der Waals surface area (Å²) >= 11 is 4.91. The first kappa shape index (κ1) is 17.6. The van der Waals surface area contributed by atoms with Gasteiger partial charge in [-0.15, -0.1) is 11.8 Å². The lowest BCUT2D eigenvalue weighted by atomic mass is 10.1. The summed E-state index contributed by atoms with van der Waals surface area (Å²) in [4.78, 5) is 12.0. The zero-order chi connectivity index (χ0) is 16.7. The number of hydrogen-bond acceptors (Lipinski definition) is 3. The second-order valence-corrected chi connectivity index (χ2v) is 7.00. The van der Waals surface area contributed by atoms with Crippen LogP contribution in [0.1, 0.15) is 29.7 Å². The van der Waals surface area contributed by atoms with Crippen LogP contribution in [0, 0.1) is 11.3 Å². The Labute approximate surface area is 149 Å². The number of rotatable bonds is 6. The topological polar surface area (TPSA) is 52.9 Å². The molecule has 3 nitrogen and oxygen atoms in total. The number of halogens is 1. The molecular weight excluding hydrogens is 372 g/mol. The largest absolute Gasteiger partial charge is 0.349 e. The Morgan fingerprint density at radius 1 is 1.26 bits per heavy atom. The van der Waals surface area contributed by atoms with Crippen molar-refractivity contribution in [2.75, 3.05) is 5.75 Å². The molecule has 23 heavy (non-hydrogen) atoms. The van der Waals surface area contributed by atoms with Gasteiger partial charge in [-0.3, -0.25) is 4.79 Å². The highest BCUT2D eigenvalue weighted by Crippen LogP contribution is 2.18. The predicted molar refractivity (Wildman–Crippen MR) is 98.0 cm³/mol. The predicted octanol–water partition coefficient (Wildman–Crippen LogP) is 4.43. The number of thioether (sulfide) groups is 1. The molecule has 2 aromatic rings. The van der Waals surface area contributed by atoms with E-state index < -0.39 is 0 Å². The Morgan fingerprint density at radius 2 is 1.96 bits per heavy atom. The Kier molecular flexibility index (Phi) is 6.69. The summed E-state index contributed by atoms with van der Waals surface area (Å²) in [6.45, 7) is 1.97. The minimum Gasteiger partial charge on any atom is -0.349 e. The molecule has 118 valence electrons. The van der Waals surface area contributed by atoms with Crippen LogP contribution in [-0.2, 0) is 10.5 Å². The summed E-state index contributed by atoms with van der Waals surface area (Å²) in [6, 6.07) is 17.5. The Bertz CT molecular complexity index is 710. The van der Waals surface area contributed by atoms with Crippen LogP contribution in [0.3, 0.4) is 0 Å². The molecule has 0 radical (unpaired) electrons. The molecule has 1 atom stereocenters. The SMILES string of the molecule is C[C@H](NC(=O)CSCc1ccccc1C#N)c1ccc(Br)cc1. The van der Waals surface area contributed by atoms with E-state index in [0.29, 0.717) is 17.1 Å². The van der Waals surface area contributed by atoms with Crippen molar-refractivity contribution in [2.24, 2.45) is 0 Å². The summed E-state index contributed by atoms with van der Waals surface area (Å²) in [5.41, 5.74) is 2.71. The molecule has 0 heterocycles. The molecule has 0 aliphatic rings. The van der Waals surface area contributed by atoms with Gasteiger partial charge in [-0.25, -0.2) is 0 Å². The average molecular weight is 389 g/mol. The maximum Gasteiger partial charge on any atom is 0.230 e. The maximum atomic E-state index is 12.0. The van der Waals surface area contributed by atoms with E-state index >= 15 is 0 Å². The van der Waals surface area contributed by atoms with Crippen molar-refractivity contribution in [3.8, 4) is 6.07 Å². The van der Waals surface area contributed by atoms with Gasteiger partial charge in [-0.2, -0.15) is 5.26 Å². The molecule has 1 amide bonds. The summed E-state index contributed by atoms with van der Waals surface area (Å²) in [7, 11) is 0. The van der Waals surface area contributed by atoms with Gasteiger partial charge in [0.05, 0.1) is 23.4 Å². The third-order valence-corrected chi connectivity index (χ3v) is 4.89. The van der Waals surface area contributed by atoms with Crippen LogP contribution in [-0.4, -0.2) is 11.7 Å². The zero-order valence-electron chi connectivity index (χ0n) is 12.8. The standard InChI is InChI=1S/C18H17BrN2OS/c1-13(14-6-8-17(19)9-7-14)21-18(22)12-23-11-16-5-3-2-4-15(16)10-20/h2-9,13H,11-12H2,1H3,(H,21,22)/t13-/m0/s1. The van der Waals surface area contributed by atoms with E-state index in [1.54, 1.807) is 6.07 Å². The van der Waals surface area contributed by atoms with E-state index in [4.69, 9.17) is 5.26 Å². The van der Waals surface area contributed by atoms with E-state index in [0.717, 1.165) is 15.6 Å². The van der Waals surface area contributed by atoms with Crippen molar-refractivity contribution >= 4 is 33.6 Å². The van der Waals surface area contributed by atoms with Crippen molar-refractivity contribution in [3.05, 3.63) is 69.7 Å². The molecule has 0 saturated carbocycles. The Morgan fingerprint density at radius 3 is 2.65 bits per heavy atom. The summed E-state index contributed by atoms with van der Waals surface area (Å²) in [5, 5.41) is 12.0. The summed E-state index contributed by atoms with van der Waals surface area (Å²) in [5.74, 6) is 1.03. The van der Waals surface area contributed by atoms with Gasteiger partial charge in [0.15, 0.2) is 0 Å². The molecule has 1 N–H and O–H groups in total. The first-order valence-corrected chi connectivity index (χ1v) is 9.15. The monoisotopic (exact) mass is 388 g/mol. The molecule has 2 rings (SSSR count). The van der Waals surface area contributed by atoms with Crippen LogP contribution in [0.2, 0.25) is 0 Å². The molecule has 2 aromatic carbocycles. The number of benzene rings is 2. The number of nitriles is 1. The van der Waals surface area contributed by atoms with Gasteiger partial charge in [0.1, 0.15) is 0 Å². The maximum absolute atomic E-state index is 12.0. The highest BCUT2D eigenvalue weighted by atomic mass is 79.9. The number of carbonyl (C=O) groups excluding carboxylic acids is 1. The highest BCUT2D eigenvalue weighted by Gasteiger charge is 2.10. The number of amides is 1. The van der Waals surface area contributed by atoms with E-state index in [2.05, 4.69) is 27.3 Å². The fraction of sp³-hybridized carbons (Fsp3) is 0.222. The normalized spacial score (nSPS) is 11.5. The number of carbonyl (C=O) groups is 1. The van der Waals surface area contributed by atoms with E-state index in [-0.39, 0.29) is 11.9 Å². The van der Waals surface area contributed by atoms with Gasteiger partial charge in [0, 0.05) is 10.2 Å². The van der Waals surface area contributed by atoms with Gasteiger partial charge in [-0.1, -0.05) is 46.3 Å². The lowest BCUT2D eigenvalue weighted by molar-refractivity contribution is -0.119. The van der Waals surface area contributed by atoms with Crippen LogP contribution in [0.15, 0.2) is 53.0 Å². The van der Waals surface area contributed by atoms with Gasteiger partial charge >= 0.3 is 0 Å². The van der Waals surface area contributed by atoms with Gasteiger partial charge in [-0.05, 0) is 36.2 Å². The number of hydrogen-bond donors (Lipinski definition) is 1. The van der Waals surface area contributed by atoms with Crippen LogP contribution in [0.4, 0.5) is 0 Å². The van der Waals surface area contributed by atoms with E-state index in [9.17, 15) is 4.79 Å². The molecule has 0 aliphatic heterocycles. The van der Waals surface area contributed by atoms with Gasteiger partial charge < -0.3 is 5.32 Å². The molecule has 0 spiro atoms. The smallest absolute Gasteiger partial charge is 0.230 e. The second-order valence-electron chi connectivity index (χ2n) is 5.10. The second kappa shape index (κ2) is 8.76. The Hall–Kier alpha value is -1.77. The van der Waals surface area contributed by atoms with Crippen LogP contribution in [0.25, 0.3) is 0 Å². The van der Waals surface area contributed by atoms with Gasteiger partial charge in [0.2, 0.25) is 5.91 Å². The molecule has 0 aliphatic carbocycles. The molecule has 0 aromatic heterocycles. The molecule has 0 saturated heterocycles. The molecule has 0 fully saturated rings. The minimum absolute atomic E-state index is 0.000132. The third kappa shape index (κ3) is 5.42. The highest BCUT2D eigenvalue weighted by molar-refractivity contribution is 9.10. The summed E-state index contributed by atoms with van der Waals surface area (Å²) in [6.07, 6.45) is 0. The lowest BCUT2D eigenvalue weighted by Gasteiger charge is -2.14. The molecule has 5 heteroatoms. The Balaban J connectivity index is 1.81. The van der Waals surface area contributed by atoms with E-state index in [1.807, 2.05) is 49.4 Å². The van der Waals surface area contributed by atoms with Crippen LogP contribution in [0.5, 0.6) is 0 Å². The van der Waals surface area contributed by atoms with Crippen molar-refractivity contribution in [1.82, 2.24) is 5.32 Å². The number of nitrogens with zero attached hydrogens (tertiary/aromatic N) is 1. The number of nitrogens with one attached hydrogen (secondary N) is 1. The van der Waals surface area contributed by atoms with E-state index in [1.165, 1.54) is 11.8 Å². The van der Waals surface area contributed by atoms with Crippen LogP contribution >= 0.6 is 27.7 Å². The summed E-state index contributed by atoms with van der Waals surface area (Å²) < 4.78 is 1.02. The third-order valence-electron chi connectivity index (χ3n) is 3.38. The first-order valence-electron chi connectivity index (χ1n) is 7.20. The average Bonchev–Trinajstić information content (AvgIpc) is 2.55. The van der Waals surface area contributed by atoms with Gasteiger partial charge in [0.25, 0.3) is 0 Å². The van der Waals surface area contributed by atoms with Crippen molar-refractivity contribution in [2.45, 2.75) is 18.7 Å². The van der Waals surface area contributed by atoms with Crippen molar-refractivity contribution in [1.29, 1.82) is 5.26 Å². The van der Waals surface area contributed by atoms with Crippen molar-refractivity contribution in [3.63, 3.8) is 0 Å². The van der Waals surface area contributed by atoms with Crippen LogP contribution < -0.4 is 5.32 Å².